The number of aliphatic hydroxyl groups excluding tert-OH is 1. The highest BCUT2D eigenvalue weighted by atomic mass is 16.3. The molecule has 58 valence electrons. The molecule has 0 radical (unpaired) electrons. The van der Waals surface area contributed by atoms with E-state index in [1.165, 1.54) is 0 Å². The van der Waals surface area contributed by atoms with E-state index < -0.39 is 6.10 Å². The highest BCUT2D eigenvalue weighted by molar-refractivity contribution is 5.00. The van der Waals surface area contributed by atoms with Crippen LogP contribution in [-0.4, -0.2) is 15.1 Å². The fourth-order valence-corrected chi connectivity index (χ4v) is 0.761. The van der Waals surface area contributed by atoms with Crippen molar-refractivity contribution in [2.75, 3.05) is 0 Å². The van der Waals surface area contributed by atoms with Crippen molar-refractivity contribution in [2.45, 2.75) is 12.5 Å². The van der Waals surface area contributed by atoms with Crippen LogP contribution in [0.4, 0.5) is 0 Å². The first-order valence-corrected chi connectivity index (χ1v) is 3.39. The van der Waals surface area contributed by atoms with Gasteiger partial charge in [0.1, 0.15) is 6.10 Å². The van der Waals surface area contributed by atoms with Crippen LogP contribution in [-0.2, 0) is 0 Å². The van der Waals surface area contributed by atoms with Gasteiger partial charge in [-0.3, -0.25) is 9.97 Å². The van der Waals surface area contributed by atoms with E-state index in [1.54, 1.807) is 24.7 Å². The average molecular weight is 150 g/mol. The number of aromatic nitrogens is 2. The summed E-state index contributed by atoms with van der Waals surface area (Å²) in [5.41, 5.74) is 0.590. The zero-order chi connectivity index (χ0) is 8.10. The first kappa shape index (κ1) is 7.88. The van der Waals surface area contributed by atoms with Crippen LogP contribution in [0.5, 0.6) is 0 Å². The van der Waals surface area contributed by atoms with Crippen molar-refractivity contribution >= 4 is 0 Å². The van der Waals surface area contributed by atoms with Crippen LogP contribution < -0.4 is 0 Å². The summed E-state index contributed by atoms with van der Waals surface area (Å²) in [6.45, 7) is 3.52. The Bertz CT molecular complexity index is 223. The van der Waals surface area contributed by atoms with E-state index in [2.05, 4.69) is 16.5 Å². The molecule has 0 spiro atoms. The van der Waals surface area contributed by atoms with Gasteiger partial charge in [0.25, 0.3) is 0 Å². The summed E-state index contributed by atoms with van der Waals surface area (Å²) >= 11 is 0. The number of nitrogens with zero attached hydrogens (tertiary/aromatic N) is 2. The van der Waals surface area contributed by atoms with Gasteiger partial charge < -0.3 is 5.11 Å². The second-order valence-corrected chi connectivity index (χ2v) is 2.17. The molecule has 1 atom stereocenters. The van der Waals surface area contributed by atoms with Crippen LogP contribution in [0.3, 0.4) is 0 Å². The second kappa shape index (κ2) is 3.83. The third kappa shape index (κ3) is 2.13. The van der Waals surface area contributed by atoms with Crippen LogP contribution >= 0.6 is 0 Å². The highest BCUT2D eigenvalue weighted by Crippen LogP contribution is 2.11. The molecule has 0 aliphatic heterocycles. The van der Waals surface area contributed by atoms with Gasteiger partial charge in [-0.2, -0.15) is 0 Å². The molecule has 1 N–H and O–H groups in total. The third-order valence-corrected chi connectivity index (χ3v) is 1.31. The molecule has 0 bridgehead atoms. The van der Waals surface area contributed by atoms with Gasteiger partial charge in [-0.15, -0.1) is 6.58 Å². The van der Waals surface area contributed by atoms with E-state index in [9.17, 15) is 5.11 Å². The van der Waals surface area contributed by atoms with Gasteiger partial charge in [-0.25, -0.2) is 0 Å². The van der Waals surface area contributed by atoms with Crippen LogP contribution in [0.1, 0.15) is 18.2 Å². The maximum atomic E-state index is 9.35. The minimum absolute atomic E-state index is 0.513. The van der Waals surface area contributed by atoms with Crippen LogP contribution in [0.2, 0.25) is 0 Å². The minimum atomic E-state index is -0.568. The molecule has 0 aromatic carbocycles. The Morgan fingerprint density at radius 3 is 3.00 bits per heavy atom. The lowest BCUT2D eigenvalue weighted by Gasteiger charge is -2.04. The van der Waals surface area contributed by atoms with E-state index in [-0.39, 0.29) is 0 Å². The zero-order valence-electron chi connectivity index (χ0n) is 6.14. The molecule has 0 saturated carbocycles. The van der Waals surface area contributed by atoms with Gasteiger partial charge in [-0.1, -0.05) is 6.08 Å². The van der Waals surface area contributed by atoms with E-state index >= 15 is 0 Å². The Morgan fingerprint density at radius 1 is 1.64 bits per heavy atom. The summed E-state index contributed by atoms with van der Waals surface area (Å²) in [6.07, 6.45) is 6.28. The Morgan fingerprint density at radius 2 is 2.45 bits per heavy atom. The van der Waals surface area contributed by atoms with Gasteiger partial charge in [0.15, 0.2) is 0 Å². The van der Waals surface area contributed by atoms with Crippen molar-refractivity contribution < 1.29 is 5.11 Å². The molecule has 1 aromatic heterocycles. The molecule has 0 aliphatic carbocycles. The average Bonchev–Trinajstić information content (AvgIpc) is 2.07. The number of rotatable bonds is 3. The SMILES string of the molecule is C=CCC(O)c1cnccn1. The fourth-order valence-electron chi connectivity index (χ4n) is 0.761. The van der Waals surface area contributed by atoms with E-state index in [0.717, 1.165) is 0 Å². The lowest BCUT2D eigenvalue weighted by Crippen LogP contribution is -1.98. The quantitative estimate of drug-likeness (QED) is 0.656. The van der Waals surface area contributed by atoms with E-state index in [4.69, 9.17) is 0 Å². The van der Waals surface area contributed by atoms with Crippen molar-refractivity contribution in [3.63, 3.8) is 0 Å². The molecule has 1 aromatic rings. The maximum Gasteiger partial charge on any atom is 0.101 e. The molecule has 11 heavy (non-hydrogen) atoms. The van der Waals surface area contributed by atoms with Gasteiger partial charge in [0.05, 0.1) is 11.9 Å². The smallest absolute Gasteiger partial charge is 0.101 e. The molecule has 3 nitrogen and oxygen atoms in total. The van der Waals surface area contributed by atoms with Gasteiger partial charge >= 0.3 is 0 Å². The number of hydrogen-bond donors (Lipinski definition) is 1. The van der Waals surface area contributed by atoms with Gasteiger partial charge in [0, 0.05) is 12.4 Å². The van der Waals surface area contributed by atoms with Crippen molar-refractivity contribution in [2.24, 2.45) is 0 Å². The predicted octanol–water partition coefficient (Wildman–Crippen LogP) is 1.09. The monoisotopic (exact) mass is 150 g/mol. The topological polar surface area (TPSA) is 46.0 Å². The van der Waals surface area contributed by atoms with Crippen LogP contribution in [0, 0.1) is 0 Å². The molecule has 0 saturated heterocycles. The summed E-state index contributed by atoms with van der Waals surface area (Å²) in [5.74, 6) is 0. The Balaban J connectivity index is 2.68. The van der Waals surface area contributed by atoms with Gasteiger partial charge in [-0.05, 0) is 6.42 Å². The minimum Gasteiger partial charge on any atom is -0.386 e. The van der Waals surface area contributed by atoms with Crippen LogP contribution in [0.15, 0.2) is 31.2 Å². The van der Waals surface area contributed by atoms with E-state index in [0.29, 0.717) is 12.1 Å². The maximum absolute atomic E-state index is 9.35. The lowest BCUT2D eigenvalue weighted by molar-refractivity contribution is 0.176. The molecule has 3 heteroatoms. The third-order valence-electron chi connectivity index (χ3n) is 1.31. The normalized spacial score (nSPS) is 12.5. The molecule has 1 unspecified atom stereocenters. The molecule has 0 amide bonds. The molecule has 0 fully saturated rings. The van der Waals surface area contributed by atoms with Crippen molar-refractivity contribution in [3.8, 4) is 0 Å². The Kier molecular flexibility index (Phi) is 2.74. The largest absolute Gasteiger partial charge is 0.386 e. The summed E-state index contributed by atoms with van der Waals surface area (Å²) in [6, 6.07) is 0. The zero-order valence-corrected chi connectivity index (χ0v) is 6.14. The molecule has 1 rings (SSSR count). The molecule has 0 aliphatic rings. The van der Waals surface area contributed by atoms with Gasteiger partial charge in [0.2, 0.25) is 0 Å². The second-order valence-electron chi connectivity index (χ2n) is 2.17. The van der Waals surface area contributed by atoms with Crippen molar-refractivity contribution in [3.05, 3.63) is 36.9 Å². The summed E-state index contributed by atoms with van der Waals surface area (Å²) in [4.78, 5) is 7.77. The van der Waals surface area contributed by atoms with Crippen molar-refractivity contribution in [1.29, 1.82) is 0 Å². The molecule has 1 heterocycles. The van der Waals surface area contributed by atoms with Crippen molar-refractivity contribution in [1.82, 2.24) is 9.97 Å². The van der Waals surface area contributed by atoms with Crippen LogP contribution in [0.25, 0.3) is 0 Å². The molecular formula is C8H10N2O. The fraction of sp³-hybridized carbons (Fsp3) is 0.250. The predicted molar refractivity (Wildman–Crippen MR) is 41.8 cm³/mol. The number of hydrogen-bond acceptors (Lipinski definition) is 3. The first-order valence-electron chi connectivity index (χ1n) is 3.39. The van der Waals surface area contributed by atoms with E-state index in [1.807, 2.05) is 0 Å². The Hall–Kier alpha value is -1.22. The summed E-state index contributed by atoms with van der Waals surface area (Å²) < 4.78 is 0. The lowest BCUT2D eigenvalue weighted by atomic mass is 10.2. The summed E-state index contributed by atoms with van der Waals surface area (Å²) in [5, 5.41) is 9.35. The standard InChI is InChI=1S/C8H10N2O/c1-2-3-8(11)7-6-9-4-5-10-7/h2,4-6,8,11H,1,3H2. The number of aliphatic hydroxyl groups is 1. The Labute approximate surface area is 65.4 Å². The highest BCUT2D eigenvalue weighted by Gasteiger charge is 2.04. The molecular weight excluding hydrogens is 140 g/mol. The summed E-state index contributed by atoms with van der Waals surface area (Å²) in [7, 11) is 0. The first-order chi connectivity index (χ1) is 5.34.